The van der Waals surface area contributed by atoms with Crippen molar-refractivity contribution in [3.05, 3.63) is 53.6 Å². The van der Waals surface area contributed by atoms with Crippen LogP contribution in [0.5, 0.6) is 5.75 Å². The van der Waals surface area contributed by atoms with Crippen LogP contribution in [0.25, 0.3) is 0 Å². The standard InChI is InChI=1S/C20H21F3N2O4S/c1-14-3-8-18(13-19(14)20(21,22)23)30(27,28)29-17-6-4-16(5-7-17)25-11-9-24(10-12-25)15(2)26/h3-8,13H,9-12H2,1-2H3. The second-order valence-corrected chi connectivity index (χ2v) is 8.55. The monoisotopic (exact) mass is 442 g/mol. The Morgan fingerprint density at radius 3 is 2.13 bits per heavy atom. The molecule has 10 heteroatoms. The zero-order valence-electron chi connectivity index (χ0n) is 16.4. The van der Waals surface area contributed by atoms with Gasteiger partial charge in [0.25, 0.3) is 0 Å². The molecule has 1 aliphatic heterocycles. The van der Waals surface area contributed by atoms with Crippen LogP contribution in [0.3, 0.4) is 0 Å². The Labute approximate surface area is 173 Å². The molecule has 1 amide bonds. The van der Waals surface area contributed by atoms with E-state index in [1.165, 1.54) is 26.0 Å². The van der Waals surface area contributed by atoms with E-state index in [0.29, 0.717) is 32.2 Å². The Bertz CT molecular complexity index is 1030. The predicted octanol–water partition coefficient (Wildman–Crippen LogP) is 3.45. The van der Waals surface area contributed by atoms with E-state index in [9.17, 15) is 26.4 Å². The van der Waals surface area contributed by atoms with Gasteiger partial charge in [-0.1, -0.05) is 6.07 Å². The second-order valence-electron chi connectivity index (χ2n) is 7.00. The van der Waals surface area contributed by atoms with Crippen molar-refractivity contribution >= 4 is 21.7 Å². The molecular weight excluding hydrogens is 421 g/mol. The Kier molecular flexibility index (Phi) is 5.98. The first-order valence-electron chi connectivity index (χ1n) is 9.20. The molecule has 30 heavy (non-hydrogen) atoms. The molecule has 0 aliphatic carbocycles. The van der Waals surface area contributed by atoms with Gasteiger partial charge in [-0.05, 0) is 48.9 Å². The average molecular weight is 442 g/mol. The summed E-state index contributed by atoms with van der Waals surface area (Å²) in [6.07, 6.45) is -4.66. The van der Waals surface area contributed by atoms with Gasteiger partial charge in [-0.25, -0.2) is 0 Å². The van der Waals surface area contributed by atoms with Gasteiger partial charge in [0.15, 0.2) is 0 Å². The fourth-order valence-electron chi connectivity index (χ4n) is 3.23. The summed E-state index contributed by atoms with van der Waals surface area (Å²) in [6, 6.07) is 9.00. The molecule has 2 aromatic rings. The summed E-state index contributed by atoms with van der Waals surface area (Å²) in [7, 11) is -4.43. The molecule has 0 aromatic heterocycles. The van der Waals surface area contributed by atoms with Crippen molar-refractivity contribution in [1.29, 1.82) is 0 Å². The first-order chi connectivity index (χ1) is 14.0. The summed E-state index contributed by atoms with van der Waals surface area (Å²) < 4.78 is 69.1. The van der Waals surface area contributed by atoms with E-state index >= 15 is 0 Å². The number of alkyl halides is 3. The normalized spacial score (nSPS) is 15.2. The van der Waals surface area contributed by atoms with Gasteiger partial charge in [0.1, 0.15) is 10.6 Å². The molecule has 1 aliphatic rings. The van der Waals surface area contributed by atoms with E-state index in [4.69, 9.17) is 4.18 Å². The van der Waals surface area contributed by atoms with E-state index in [0.717, 1.165) is 17.8 Å². The molecular formula is C20H21F3N2O4S. The number of nitrogens with zero attached hydrogens (tertiary/aromatic N) is 2. The molecule has 2 aromatic carbocycles. The molecule has 0 radical (unpaired) electrons. The lowest BCUT2D eigenvalue weighted by molar-refractivity contribution is -0.138. The largest absolute Gasteiger partial charge is 0.416 e. The number of hydrogen-bond donors (Lipinski definition) is 0. The number of halogens is 3. The van der Waals surface area contributed by atoms with Gasteiger partial charge in [-0.2, -0.15) is 21.6 Å². The molecule has 0 spiro atoms. The van der Waals surface area contributed by atoms with Crippen molar-refractivity contribution in [3.8, 4) is 5.75 Å². The number of aryl methyl sites for hydroxylation is 1. The minimum atomic E-state index is -4.66. The zero-order chi connectivity index (χ0) is 22.1. The molecule has 3 rings (SSSR count). The predicted molar refractivity (Wildman–Crippen MR) is 105 cm³/mol. The van der Waals surface area contributed by atoms with E-state index in [1.807, 2.05) is 4.90 Å². The topological polar surface area (TPSA) is 66.9 Å². The summed E-state index contributed by atoms with van der Waals surface area (Å²) in [5, 5.41) is 0. The van der Waals surface area contributed by atoms with Crippen LogP contribution in [-0.4, -0.2) is 45.4 Å². The first kappa shape index (κ1) is 21.9. The molecule has 1 fully saturated rings. The minimum absolute atomic E-state index is 0.00439. The van der Waals surface area contributed by atoms with Crippen LogP contribution in [0.1, 0.15) is 18.1 Å². The van der Waals surface area contributed by atoms with Crippen LogP contribution in [0.4, 0.5) is 18.9 Å². The number of rotatable bonds is 4. The van der Waals surface area contributed by atoms with Crippen molar-refractivity contribution in [2.45, 2.75) is 24.9 Å². The van der Waals surface area contributed by atoms with E-state index in [2.05, 4.69) is 0 Å². The summed E-state index contributed by atoms with van der Waals surface area (Å²) in [5.74, 6) is 0.0173. The third-order valence-electron chi connectivity index (χ3n) is 4.94. The second kappa shape index (κ2) is 8.17. The number of anilines is 1. The highest BCUT2D eigenvalue weighted by atomic mass is 32.2. The van der Waals surface area contributed by atoms with Crippen LogP contribution in [-0.2, 0) is 21.1 Å². The lowest BCUT2D eigenvalue weighted by atomic mass is 10.1. The van der Waals surface area contributed by atoms with Crippen LogP contribution < -0.4 is 9.08 Å². The smallest absolute Gasteiger partial charge is 0.379 e. The fourth-order valence-corrected chi connectivity index (χ4v) is 4.19. The highest BCUT2D eigenvalue weighted by molar-refractivity contribution is 7.87. The van der Waals surface area contributed by atoms with Crippen LogP contribution in [0.2, 0.25) is 0 Å². The molecule has 6 nitrogen and oxygen atoms in total. The third-order valence-corrected chi connectivity index (χ3v) is 6.18. The zero-order valence-corrected chi connectivity index (χ0v) is 17.3. The molecule has 0 bridgehead atoms. The van der Waals surface area contributed by atoms with Gasteiger partial charge in [0, 0.05) is 38.8 Å². The van der Waals surface area contributed by atoms with Crippen molar-refractivity contribution in [2.24, 2.45) is 0 Å². The first-order valence-corrected chi connectivity index (χ1v) is 10.6. The summed E-state index contributed by atoms with van der Waals surface area (Å²) in [5.41, 5.74) is -0.263. The maximum Gasteiger partial charge on any atom is 0.416 e. The van der Waals surface area contributed by atoms with Gasteiger partial charge < -0.3 is 14.0 Å². The molecule has 162 valence electrons. The maximum atomic E-state index is 13.1. The Hall–Kier alpha value is -2.75. The van der Waals surface area contributed by atoms with Gasteiger partial charge in [0.05, 0.1) is 5.56 Å². The van der Waals surface area contributed by atoms with Crippen molar-refractivity contribution in [1.82, 2.24) is 4.90 Å². The molecule has 1 heterocycles. The fraction of sp³-hybridized carbons (Fsp3) is 0.350. The Morgan fingerprint density at radius 1 is 1.00 bits per heavy atom. The number of carbonyl (C=O) groups excluding carboxylic acids is 1. The average Bonchev–Trinajstić information content (AvgIpc) is 2.67. The van der Waals surface area contributed by atoms with E-state index in [1.54, 1.807) is 17.0 Å². The van der Waals surface area contributed by atoms with Gasteiger partial charge >= 0.3 is 16.3 Å². The molecule has 0 atom stereocenters. The van der Waals surface area contributed by atoms with Crippen molar-refractivity contribution in [3.63, 3.8) is 0 Å². The highest BCUT2D eigenvalue weighted by Gasteiger charge is 2.34. The quantitative estimate of drug-likeness (QED) is 0.679. The third kappa shape index (κ3) is 4.86. The summed E-state index contributed by atoms with van der Waals surface area (Å²) in [4.78, 5) is 14.6. The van der Waals surface area contributed by atoms with Gasteiger partial charge in [0.2, 0.25) is 5.91 Å². The SMILES string of the molecule is CC(=O)N1CCN(c2ccc(OS(=O)(=O)c3ccc(C)c(C(F)(F)F)c3)cc2)CC1. The number of carbonyl (C=O) groups is 1. The van der Waals surface area contributed by atoms with Crippen LogP contribution >= 0.6 is 0 Å². The van der Waals surface area contributed by atoms with Gasteiger partial charge in [-0.3, -0.25) is 4.79 Å². The number of amides is 1. The summed E-state index contributed by atoms with van der Waals surface area (Å²) >= 11 is 0. The number of benzene rings is 2. The minimum Gasteiger partial charge on any atom is -0.379 e. The molecule has 1 saturated heterocycles. The number of piperazine rings is 1. The lowest BCUT2D eigenvalue weighted by Crippen LogP contribution is -2.48. The van der Waals surface area contributed by atoms with Crippen molar-refractivity contribution in [2.75, 3.05) is 31.1 Å². The summed E-state index contributed by atoms with van der Waals surface area (Å²) in [6.45, 7) is 5.25. The molecule has 0 N–H and O–H groups in total. The van der Waals surface area contributed by atoms with Crippen LogP contribution in [0.15, 0.2) is 47.4 Å². The maximum absolute atomic E-state index is 13.1. The van der Waals surface area contributed by atoms with Crippen LogP contribution in [0, 0.1) is 6.92 Å². The molecule has 0 unspecified atom stereocenters. The molecule has 0 saturated carbocycles. The highest BCUT2D eigenvalue weighted by Crippen LogP contribution is 2.34. The van der Waals surface area contributed by atoms with Crippen molar-refractivity contribution < 1.29 is 30.6 Å². The van der Waals surface area contributed by atoms with Gasteiger partial charge in [-0.15, -0.1) is 0 Å². The van der Waals surface area contributed by atoms with E-state index < -0.39 is 26.8 Å². The number of hydrogen-bond acceptors (Lipinski definition) is 5. The Morgan fingerprint density at radius 2 is 1.60 bits per heavy atom. The Balaban J connectivity index is 1.73. The lowest BCUT2D eigenvalue weighted by Gasteiger charge is -2.35. The van der Waals surface area contributed by atoms with E-state index in [-0.39, 0.29) is 17.2 Å².